The zero-order chi connectivity index (χ0) is 18.3. The SMILES string of the molecule is Cc1ccc(-c2ccc(F)cc2)cc1C1C(=O)OC2(CCCCC2)C1=O. The van der Waals surface area contributed by atoms with Gasteiger partial charge in [0.25, 0.3) is 0 Å². The highest BCUT2D eigenvalue weighted by atomic mass is 19.1. The Morgan fingerprint density at radius 1 is 0.962 bits per heavy atom. The lowest BCUT2D eigenvalue weighted by atomic mass is 9.77. The summed E-state index contributed by atoms with van der Waals surface area (Å²) < 4.78 is 18.8. The third-order valence-corrected chi connectivity index (χ3v) is 5.67. The molecule has 1 unspecified atom stereocenters. The van der Waals surface area contributed by atoms with E-state index in [1.54, 1.807) is 12.1 Å². The molecule has 0 N–H and O–H groups in total. The van der Waals surface area contributed by atoms with Crippen molar-refractivity contribution in [1.29, 1.82) is 0 Å². The smallest absolute Gasteiger partial charge is 0.322 e. The van der Waals surface area contributed by atoms with Gasteiger partial charge in [0.05, 0.1) is 0 Å². The Morgan fingerprint density at radius 3 is 2.31 bits per heavy atom. The van der Waals surface area contributed by atoms with E-state index in [1.807, 2.05) is 25.1 Å². The lowest BCUT2D eigenvalue weighted by Crippen LogP contribution is -2.39. The number of ether oxygens (including phenoxy) is 1. The third-order valence-electron chi connectivity index (χ3n) is 5.67. The summed E-state index contributed by atoms with van der Waals surface area (Å²) in [5, 5.41) is 0. The largest absolute Gasteiger partial charge is 0.450 e. The number of benzene rings is 2. The first-order valence-corrected chi connectivity index (χ1v) is 9.14. The van der Waals surface area contributed by atoms with Crippen LogP contribution in [0.1, 0.15) is 49.1 Å². The van der Waals surface area contributed by atoms with Crippen molar-refractivity contribution in [2.45, 2.75) is 50.5 Å². The van der Waals surface area contributed by atoms with Crippen molar-refractivity contribution >= 4 is 11.8 Å². The molecule has 2 aliphatic rings. The van der Waals surface area contributed by atoms with E-state index in [0.29, 0.717) is 18.4 Å². The highest BCUT2D eigenvalue weighted by Crippen LogP contribution is 2.44. The fourth-order valence-corrected chi connectivity index (χ4v) is 4.18. The first kappa shape index (κ1) is 17.0. The highest BCUT2D eigenvalue weighted by molar-refractivity contribution is 6.14. The first-order chi connectivity index (χ1) is 12.5. The minimum atomic E-state index is -0.918. The second kappa shape index (κ2) is 6.35. The average Bonchev–Trinajstić information content (AvgIpc) is 2.87. The van der Waals surface area contributed by atoms with Crippen molar-refractivity contribution < 1.29 is 18.7 Å². The quantitative estimate of drug-likeness (QED) is 0.580. The van der Waals surface area contributed by atoms with Crippen molar-refractivity contribution in [3.63, 3.8) is 0 Å². The Labute approximate surface area is 152 Å². The molecular formula is C22H21FO3. The van der Waals surface area contributed by atoms with Crippen LogP contribution in [0.15, 0.2) is 42.5 Å². The molecule has 0 aromatic heterocycles. The molecule has 2 aromatic carbocycles. The normalized spacial score (nSPS) is 21.8. The highest BCUT2D eigenvalue weighted by Gasteiger charge is 2.55. The second-order valence-electron chi connectivity index (χ2n) is 7.35. The van der Waals surface area contributed by atoms with E-state index in [9.17, 15) is 14.0 Å². The molecule has 2 fully saturated rings. The molecule has 1 saturated carbocycles. The maximum absolute atomic E-state index is 13.2. The minimum Gasteiger partial charge on any atom is -0.450 e. The van der Waals surface area contributed by atoms with Gasteiger partial charge >= 0.3 is 5.97 Å². The summed E-state index contributed by atoms with van der Waals surface area (Å²) in [6.07, 6.45) is 4.17. The van der Waals surface area contributed by atoms with E-state index >= 15 is 0 Å². The van der Waals surface area contributed by atoms with Crippen LogP contribution in [0.4, 0.5) is 4.39 Å². The van der Waals surface area contributed by atoms with Crippen LogP contribution in [-0.2, 0) is 14.3 Å². The van der Waals surface area contributed by atoms with Crippen LogP contribution in [0, 0.1) is 12.7 Å². The molecule has 0 bridgehead atoms. The minimum absolute atomic E-state index is 0.0958. The van der Waals surface area contributed by atoms with Crippen LogP contribution >= 0.6 is 0 Å². The van der Waals surface area contributed by atoms with E-state index < -0.39 is 17.5 Å². The number of carbonyl (C=O) groups excluding carboxylic acids is 2. The van der Waals surface area contributed by atoms with Gasteiger partial charge in [0.1, 0.15) is 11.7 Å². The number of esters is 1. The van der Waals surface area contributed by atoms with E-state index in [1.165, 1.54) is 12.1 Å². The molecule has 1 aliphatic carbocycles. The molecule has 1 heterocycles. The van der Waals surface area contributed by atoms with Gasteiger partial charge in [0, 0.05) is 0 Å². The zero-order valence-electron chi connectivity index (χ0n) is 14.8. The number of ketones is 1. The number of aryl methyl sites for hydroxylation is 1. The van der Waals surface area contributed by atoms with Crippen LogP contribution in [-0.4, -0.2) is 17.4 Å². The van der Waals surface area contributed by atoms with Gasteiger partial charge in [-0.2, -0.15) is 0 Å². The molecule has 4 heteroatoms. The van der Waals surface area contributed by atoms with Crippen LogP contribution in [0.3, 0.4) is 0 Å². The number of halogens is 1. The van der Waals surface area contributed by atoms with Crippen molar-refractivity contribution in [3.8, 4) is 11.1 Å². The predicted octanol–water partition coefficient (Wildman–Crippen LogP) is 4.71. The third kappa shape index (κ3) is 2.74. The summed E-state index contributed by atoms with van der Waals surface area (Å²) in [7, 11) is 0. The van der Waals surface area contributed by atoms with Crippen LogP contribution in [0.5, 0.6) is 0 Å². The Bertz CT molecular complexity index is 863. The molecule has 0 radical (unpaired) electrons. The van der Waals surface area contributed by atoms with E-state index in [2.05, 4.69) is 0 Å². The predicted molar refractivity (Wildman–Crippen MR) is 96.2 cm³/mol. The molecule has 3 nitrogen and oxygen atoms in total. The van der Waals surface area contributed by atoms with Gasteiger partial charge < -0.3 is 4.74 Å². The molecule has 0 amide bonds. The molecule has 4 rings (SSSR count). The van der Waals surface area contributed by atoms with Crippen LogP contribution < -0.4 is 0 Å². The lowest BCUT2D eigenvalue weighted by Gasteiger charge is -2.29. The standard InChI is InChI=1S/C22H21FO3/c1-14-5-6-16(15-7-9-17(23)10-8-15)13-18(14)19-20(24)22(26-21(19)25)11-3-2-4-12-22/h5-10,13,19H,2-4,11-12H2,1H3. The first-order valence-electron chi connectivity index (χ1n) is 9.14. The van der Waals surface area contributed by atoms with Gasteiger partial charge in [-0.25, -0.2) is 4.39 Å². The summed E-state index contributed by atoms with van der Waals surface area (Å²) in [6, 6.07) is 11.9. The molecule has 1 aliphatic heterocycles. The fourth-order valence-electron chi connectivity index (χ4n) is 4.18. The lowest BCUT2D eigenvalue weighted by molar-refractivity contribution is -0.154. The number of hydrogen-bond donors (Lipinski definition) is 0. The molecular weight excluding hydrogens is 331 g/mol. The summed E-state index contributed by atoms with van der Waals surface area (Å²) in [5.74, 6) is -1.68. The van der Waals surface area contributed by atoms with Crippen molar-refractivity contribution in [2.75, 3.05) is 0 Å². The Balaban J connectivity index is 1.73. The number of hydrogen-bond acceptors (Lipinski definition) is 3. The Morgan fingerprint density at radius 2 is 1.62 bits per heavy atom. The molecule has 1 atom stereocenters. The van der Waals surface area contributed by atoms with Gasteiger partial charge in [-0.15, -0.1) is 0 Å². The Hall–Kier alpha value is -2.49. The van der Waals surface area contributed by atoms with Crippen molar-refractivity contribution in [1.82, 2.24) is 0 Å². The van der Waals surface area contributed by atoms with Gasteiger partial charge in [0.15, 0.2) is 11.4 Å². The summed E-state index contributed by atoms with van der Waals surface area (Å²) in [4.78, 5) is 25.8. The van der Waals surface area contributed by atoms with Gasteiger partial charge in [-0.05, 0) is 73.1 Å². The summed E-state index contributed by atoms with van der Waals surface area (Å²) in [5.41, 5.74) is 2.37. The summed E-state index contributed by atoms with van der Waals surface area (Å²) >= 11 is 0. The van der Waals surface area contributed by atoms with Crippen molar-refractivity contribution in [3.05, 3.63) is 59.4 Å². The average molecular weight is 352 g/mol. The second-order valence-corrected chi connectivity index (χ2v) is 7.35. The number of Topliss-reactive ketones (excluding diaryl/α,β-unsaturated/α-hetero) is 1. The van der Waals surface area contributed by atoms with E-state index in [-0.39, 0.29) is 11.6 Å². The molecule has 26 heavy (non-hydrogen) atoms. The fraction of sp³-hybridized carbons (Fsp3) is 0.364. The van der Waals surface area contributed by atoms with Gasteiger partial charge in [0.2, 0.25) is 0 Å². The van der Waals surface area contributed by atoms with Crippen LogP contribution in [0.25, 0.3) is 11.1 Å². The number of carbonyl (C=O) groups is 2. The Kier molecular flexibility index (Phi) is 4.14. The summed E-state index contributed by atoms with van der Waals surface area (Å²) in [6.45, 7) is 1.90. The molecule has 1 spiro atoms. The monoisotopic (exact) mass is 352 g/mol. The maximum atomic E-state index is 13.2. The molecule has 1 saturated heterocycles. The zero-order valence-corrected chi connectivity index (χ0v) is 14.8. The maximum Gasteiger partial charge on any atom is 0.322 e. The van der Waals surface area contributed by atoms with Gasteiger partial charge in [-0.3, -0.25) is 9.59 Å². The van der Waals surface area contributed by atoms with E-state index in [0.717, 1.165) is 36.0 Å². The van der Waals surface area contributed by atoms with Crippen LogP contribution in [0.2, 0.25) is 0 Å². The topological polar surface area (TPSA) is 43.4 Å². The van der Waals surface area contributed by atoms with E-state index in [4.69, 9.17) is 4.74 Å². The number of rotatable bonds is 2. The van der Waals surface area contributed by atoms with Gasteiger partial charge in [-0.1, -0.05) is 30.7 Å². The van der Waals surface area contributed by atoms with Crippen molar-refractivity contribution in [2.24, 2.45) is 0 Å². The molecule has 2 aromatic rings. The molecule has 134 valence electrons.